The molecular formula is C19H18FN3O3. The van der Waals surface area contributed by atoms with Crippen molar-refractivity contribution >= 4 is 23.4 Å². The first-order valence-electron chi connectivity index (χ1n) is 8.17. The summed E-state index contributed by atoms with van der Waals surface area (Å²) in [6.07, 6.45) is 0.0650. The quantitative estimate of drug-likeness (QED) is 0.826. The number of halogens is 1. The van der Waals surface area contributed by atoms with Crippen LogP contribution in [0, 0.1) is 18.7 Å². The summed E-state index contributed by atoms with van der Waals surface area (Å²) in [5.41, 5.74) is 6.46. The lowest BCUT2D eigenvalue weighted by molar-refractivity contribution is -0.126. The van der Waals surface area contributed by atoms with Crippen LogP contribution in [0.5, 0.6) is 0 Å². The first kappa shape index (κ1) is 17.6. The molecule has 1 aliphatic heterocycles. The van der Waals surface area contributed by atoms with Gasteiger partial charge in [0.25, 0.3) is 5.91 Å². The van der Waals surface area contributed by atoms with Crippen LogP contribution in [0.25, 0.3) is 0 Å². The van der Waals surface area contributed by atoms with Gasteiger partial charge in [-0.25, -0.2) is 4.39 Å². The Morgan fingerprint density at radius 1 is 1.12 bits per heavy atom. The van der Waals surface area contributed by atoms with Crippen molar-refractivity contribution in [2.24, 2.45) is 5.92 Å². The van der Waals surface area contributed by atoms with E-state index in [1.807, 2.05) is 31.2 Å². The van der Waals surface area contributed by atoms with E-state index in [1.54, 1.807) is 4.90 Å². The molecule has 1 heterocycles. The maximum Gasteiger partial charge on any atom is 0.269 e. The highest BCUT2D eigenvalue weighted by molar-refractivity contribution is 6.01. The molecule has 2 aromatic rings. The van der Waals surface area contributed by atoms with Gasteiger partial charge in [-0.15, -0.1) is 0 Å². The Morgan fingerprint density at radius 3 is 2.54 bits per heavy atom. The SMILES string of the molecule is Cc1ccc(N2C[C@@H](C(=O)NNC(=O)c3cccc(F)c3)CC2=O)cc1. The summed E-state index contributed by atoms with van der Waals surface area (Å²) in [5.74, 6) is -2.35. The maximum absolute atomic E-state index is 13.1. The lowest BCUT2D eigenvalue weighted by Gasteiger charge is -2.17. The van der Waals surface area contributed by atoms with Crippen LogP contribution in [0.15, 0.2) is 48.5 Å². The van der Waals surface area contributed by atoms with Crippen molar-refractivity contribution in [1.29, 1.82) is 0 Å². The fourth-order valence-corrected chi connectivity index (χ4v) is 2.78. The fourth-order valence-electron chi connectivity index (χ4n) is 2.78. The van der Waals surface area contributed by atoms with Crippen LogP contribution in [-0.4, -0.2) is 24.3 Å². The molecule has 7 heteroatoms. The molecule has 1 saturated heterocycles. The number of hydrazine groups is 1. The largest absolute Gasteiger partial charge is 0.312 e. The van der Waals surface area contributed by atoms with Crippen LogP contribution in [0.1, 0.15) is 22.3 Å². The normalized spacial score (nSPS) is 16.5. The van der Waals surface area contributed by atoms with Gasteiger partial charge in [-0.1, -0.05) is 23.8 Å². The molecule has 0 spiro atoms. The molecular weight excluding hydrogens is 337 g/mol. The molecule has 3 amide bonds. The third kappa shape index (κ3) is 3.88. The van der Waals surface area contributed by atoms with Crippen LogP contribution in [-0.2, 0) is 9.59 Å². The Hall–Kier alpha value is -3.22. The van der Waals surface area contributed by atoms with Gasteiger partial charge in [0.05, 0.1) is 5.92 Å². The van der Waals surface area contributed by atoms with Crippen molar-refractivity contribution in [3.05, 3.63) is 65.5 Å². The molecule has 1 atom stereocenters. The van der Waals surface area contributed by atoms with Crippen LogP contribution in [0.4, 0.5) is 10.1 Å². The highest BCUT2D eigenvalue weighted by Gasteiger charge is 2.35. The monoisotopic (exact) mass is 355 g/mol. The number of amides is 3. The van der Waals surface area contributed by atoms with E-state index in [-0.39, 0.29) is 24.4 Å². The Bertz CT molecular complexity index is 851. The summed E-state index contributed by atoms with van der Waals surface area (Å²) in [7, 11) is 0. The number of carbonyl (C=O) groups is 3. The minimum absolute atomic E-state index is 0.0650. The molecule has 6 nitrogen and oxygen atoms in total. The Morgan fingerprint density at radius 2 is 1.85 bits per heavy atom. The average Bonchev–Trinajstić information content (AvgIpc) is 3.02. The van der Waals surface area contributed by atoms with Crippen LogP contribution in [0.3, 0.4) is 0 Å². The van der Waals surface area contributed by atoms with E-state index in [1.165, 1.54) is 18.2 Å². The van der Waals surface area contributed by atoms with Crippen molar-refractivity contribution in [2.45, 2.75) is 13.3 Å². The van der Waals surface area contributed by atoms with E-state index in [4.69, 9.17) is 0 Å². The van der Waals surface area contributed by atoms with Crippen molar-refractivity contribution in [1.82, 2.24) is 10.9 Å². The van der Waals surface area contributed by atoms with E-state index in [2.05, 4.69) is 10.9 Å². The van der Waals surface area contributed by atoms with Gasteiger partial charge in [-0.2, -0.15) is 0 Å². The Kier molecular flexibility index (Phi) is 4.97. The predicted molar refractivity (Wildman–Crippen MR) is 93.6 cm³/mol. The minimum Gasteiger partial charge on any atom is -0.312 e. The van der Waals surface area contributed by atoms with Crippen LogP contribution >= 0.6 is 0 Å². The molecule has 0 aliphatic carbocycles. The molecule has 1 fully saturated rings. The number of rotatable bonds is 3. The van der Waals surface area contributed by atoms with E-state index in [9.17, 15) is 18.8 Å². The molecule has 26 heavy (non-hydrogen) atoms. The highest BCUT2D eigenvalue weighted by atomic mass is 19.1. The number of anilines is 1. The maximum atomic E-state index is 13.1. The molecule has 3 rings (SSSR count). The van der Waals surface area contributed by atoms with Crippen molar-refractivity contribution < 1.29 is 18.8 Å². The van der Waals surface area contributed by atoms with Crippen LogP contribution < -0.4 is 15.8 Å². The Balaban J connectivity index is 1.58. The average molecular weight is 355 g/mol. The smallest absolute Gasteiger partial charge is 0.269 e. The topological polar surface area (TPSA) is 78.5 Å². The molecule has 2 N–H and O–H groups in total. The lowest BCUT2D eigenvalue weighted by atomic mass is 10.1. The second-order valence-corrected chi connectivity index (χ2v) is 6.19. The van der Waals surface area contributed by atoms with Gasteiger partial charge in [-0.05, 0) is 37.3 Å². The van der Waals surface area contributed by atoms with Crippen molar-refractivity contribution in [3.8, 4) is 0 Å². The fraction of sp³-hybridized carbons (Fsp3) is 0.211. The standard InChI is InChI=1S/C19H18FN3O3/c1-12-5-7-16(8-6-12)23-11-14(10-17(23)24)19(26)22-21-18(25)13-3-2-4-15(20)9-13/h2-9,14H,10-11H2,1H3,(H,21,25)(H,22,26)/t14-/m0/s1. The van der Waals surface area contributed by atoms with Gasteiger partial charge in [0, 0.05) is 24.2 Å². The molecule has 0 bridgehead atoms. The van der Waals surface area contributed by atoms with Gasteiger partial charge in [0.1, 0.15) is 5.82 Å². The van der Waals surface area contributed by atoms with Gasteiger partial charge >= 0.3 is 0 Å². The zero-order chi connectivity index (χ0) is 18.7. The lowest BCUT2D eigenvalue weighted by Crippen LogP contribution is -2.45. The van der Waals surface area contributed by atoms with Gasteiger partial charge in [0.15, 0.2) is 0 Å². The second kappa shape index (κ2) is 7.35. The van der Waals surface area contributed by atoms with Gasteiger partial charge in [-0.3, -0.25) is 25.2 Å². The third-order valence-corrected chi connectivity index (χ3v) is 4.23. The molecule has 0 aromatic heterocycles. The van der Waals surface area contributed by atoms with E-state index in [0.29, 0.717) is 0 Å². The van der Waals surface area contributed by atoms with E-state index in [0.717, 1.165) is 17.3 Å². The zero-order valence-corrected chi connectivity index (χ0v) is 14.2. The molecule has 1 aliphatic rings. The zero-order valence-electron chi connectivity index (χ0n) is 14.2. The first-order valence-corrected chi connectivity index (χ1v) is 8.17. The van der Waals surface area contributed by atoms with Crippen molar-refractivity contribution in [2.75, 3.05) is 11.4 Å². The molecule has 0 saturated carbocycles. The first-order chi connectivity index (χ1) is 12.4. The summed E-state index contributed by atoms with van der Waals surface area (Å²) in [4.78, 5) is 37.9. The van der Waals surface area contributed by atoms with Gasteiger partial charge < -0.3 is 4.90 Å². The Labute approximate surface area is 150 Å². The van der Waals surface area contributed by atoms with Gasteiger partial charge in [0.2, 0.25) is 11.8 Å². The predicted octanol–water partition coefficient (Wildman–Crippen LogP) is 1.95. The number of hydrogen-bond acceptors (Lipinski definition) is 3. The number of benzene rings is 2. The summed E-state index contributed by atoms with van der Waals surface area (Å²) >= 11 is 0. The number of nitrogens with zero attached hydrogens (tertiary/aromatic N) is 1. The summed E-state index contributed by atoms with van der Waals surface area (Å²) < 4.78 is 13.1. The third-order valence-electron chi connectivity index (χ3n) is 4.23. The molecule has 0 unspecified atom stereocenters. The number of hydrogen-bond donors (Lipinski definition) is 2. The number of nitrogens with one attached hydrogen (secondary N) is 2. The second-order valence-electron chi connectivity index (χ2n) is 6.19. The summed E-state index contributed by atoms with van der Waals surface area (Å²) in [6.45, 7) is 2.19. The highest BCUT2D eigenvalue weighted by Crippen LogP contribution is 2.25. The van der Waals surface area contributed by atoms with E-state index >= 15 is 0 Å². The molecule has 2 aromatic carbocycles. The summed E-state index contributed by atoms with van der Waals surface area (Å²) in [6, 6.07) is 12.6. The summed E-state index contributed by atoms with van der Waals surface area (Å²) in [5, 5.41) is 0. The molecule has 0 radical (unpaired) electrons. The van der Waals surface area contributed by atoms with E-state index < -0.39 is 23.5 Å². The van der Waals surface area contributed by atoms with Crippen LogP contribution in [0.2, 0.25) is 0 Å². The number of aryl methyl sites for hydroxylation is 1. The van der Waals surface area contributed by atoms with Crippen molar-refractivity contribution in [3.63, 3.8) is 0 Å². The molecule has 134 valence electrons. The minimum atomic E-state index is -0.627. The number of carbonyl (C=O) groups excluding carboxylic acids is 3.